The molecule has 0 aromatic carbocycles. The van der Waals surface area contributed by atoms with Crippen LogP contribution in [0.15, 0.2) is 10.6 Å². The molecule has 1 heterocycles. The van der Waals surface area contributed by atoms with Gasteiger partial charge in [-0.15, -0.1) is 0 Å². The zero-order valence-corrected chi connectivity index (χ0v) is 11.4. The Hall–Kier alpha value is -1.40. The molecule has 3 N–H and O–H groups in total. The van der Waals surface area contributed by atoms with Gasteiger partial charge in [-0.3, -0.25) is 15.1 Å². The van der Waals surface area contributed by atoms with Crippen LogP contribution in [-0.2, 0) is 6.54 Å². The third-order valence-corrected chi connectivity index (χ3v) is 3.64. The Morgan fingerprint density at radius 2 is 2.26 bits per heavy atom. The van der Waals surface area contributed by atoms with Gasteiger partial charge in [-0.2, -0.15) is 0 Å². The predicted octanol–water partition coefficient (Wildman–Crippen LogP) is 1.29. The molecule has 19 heavy (non-hydrogen) atoms. The minimum atomic E-state index is -0.426. The van der Waals surface area contributed by atoms with Crippen LogP contribution in [0.4, 0.5) is 0 Å². The van der Waals surface area contributed by atoms with Crippen LogP contribution in [0.5, 0.6) is 0 Å². The van der Waals surface area contributed by atoms with E-state index in [2.05, 4.69) is 17.1 Å². The molecule has 0 bridgehead atoms. The lowest BCUT2D eigenvalue weighted by atomic mass is 9.89. The monoisotopic (exact) mass is 266 g/mol. The van der Waals surface area contributed by atoms with Crippen molar-refractivity contribution in [1.82, 2.24) is 15.5 Å². The third kappa shape index (κ3) is 4.04. The van der Waals surface area contributed by atoms with Gasteiger partial charge < -0.3 is 4.52 Å². The first-order chi connectivity index (χ1) is 9.19. The number of aromatic nitrogens is 1. The highest BCUT2D eigenvalue weighted by Crippen LogP contribution is 2.24. The summed E-state index contributed by atoms with van der Waals surface area (Å²) in [4.78, 5) is 13.5. The summed E-state index contributed by atoms with van der Waals surface area (Å²) >= 11 is 0. The number of rotatable bonds is 5. The van der Waals surface area contributed by atoms with Crippen LogP contribution in [-0.4, -0.2) is 29.6 Å². The van der Waals surface area contributed by atoms with E-state index in [4.69, 9.17) is 10.4 Å². The largest absolute Gasteiger partial charge is 0.359 e. The molecule has 0 unspecified atom stereocenters. The quantitative estimate of drug-likeness (QED) is 0.476. The van der Waals surface area contributed by atoms with Crippen molar-refractivity contribution in [2.75, 3.05) is 13.6 Å². The third-order valence-electron chi connectivity index (χ3n) is 3.64. The minimum Gasteiger partial charge on any atom is -0.359 e. The van der Waals surface area contributed by atoms with Crippen molar-refractivity contribution in [3.63, 3.8) is 0 Å². The Morgan fingerprint density at radius 1 is 1.53 bits per heavy atom. The fourth-order valence-corrected chi connectivity index (χ4v) is 2.71. The summed E-state index contributed by atoms with van der Waals surface area (Å²) < 4.78 is 5.14. The molecular weight excluding hydrogens is 244 g/mol. The van der Waals surface area contributed by atoms with E-state index in [0.717, 1.165) is 12.5 Å². The van der Waals surface area contributed by atoms with Crippen molar-refractivity contribution in [3.8, 4) is 0 Å². The molecule has 1 fully saturated rings. The summed E-state index contributed by atoms with van der Waals surface area (Å²) in [5.41, 5.74) is 2.26. The van der Waals surface area contributed by atoms with Crippen molar-refractivity contribution in [2.24, 2.45) is 11.8 Å². The average Bonchev–Trinajstić information content (AvgIpc) is 2.87. The first-order valence-corrected chi connectivity index (χ1v) is 6.84. The first-order valence-electron chi connectivity index (χ1n) is 6.84. The normalized spacial score (nSPS) is 16.8. The lowest BCUT2D eigenvalue weighted by Crippen LogP contribution is -2.30. The SMILES string of the molecule is CN(Cc1cc(C(=O)NN)no1)CC1CCCCC1. The molecule has 6 nitrogen and oxygen atoms in total. The van der Waals surface area contributed by atoms with Crippen LogP contribution < -0.4 is 11.3 Å². The van der Waals surface area contributed by atoms with E-state index >= 15 is 0 Å². The van der Waals surface area contributed by atoms with Crippen molar-refractivity contribution >= 4 is 5.91 Å². The Kier molecular flexibility index (Phi) is 4.93. The number of carbonyl (C=O) groups excluding carboxylic acids is 1. The fourth-order valence-electron chi connectivity index (χ4n) is 2.71. The maximum atomic E-state index is 11.3. The van der Waals surface area contributed by atoms with Crippen molar-refractivity contribution in [2.45, 2.75) is 38.6 Å². The molecule has 106 valence electrons. The molecule has 0 saturated heterocycles. The zero-order valence-electron chi connectivity index (χ0n) is 11.4. The van der Waals surface area contributed by atoms with Crippen LogP contribution in [0.1, 0.15) is 48.4 Å². The second-order valence-corrected chi connectivity index (χ2v) is 5.35. The number of hydrazine groups is 1. The number of amides is 1. The maximum absolute atomic E-state index is 11.3. The molecule has 0 spiro atoms. The van der Waals surface area contributed by atoms with E-state index in [1.54, 1.807) is 6.07 Å². The first kappa shape index (κ1) is 14.0. The lowest BCUT2D eigenvalue weighted by Gasteiger charge is -2.26. The number of hydrogen-bond acceptors (Lipinski definition) is 5. The number of nitrogen functional groups attached to an aromatic ring is 1. The molecule has 0 aliphatic heterocycles. The summed E-state index contributed by atoms with van der Waals surface area (Å²) in [6, 6.07) is 1.64. The highest BCUT2D eigenvalue weighted by Gasteiger charge is 2.17. The molecule has 2 rings (SSSR count). The molecule has 1 aromatic rings. The summed E-state index contributed by atoms with van der Waals surface area (Å²) in [6.45, 7) is 1.74. The molecule has 1 amide bonds. The van der Waals surface area contributed by atoms with Gasteiger partial charge in [-0.05, 0) is 25.8 Å². The molecule has 6 heteroatoms. The lowest BCUT2D eigenvalue weighted by molar-refractivity contribution is 0.0944. The highest BCUT2D eigenvalue weighted by atomic mass is 16.5. The summed E-state index contributed by atoms with van der Waals surface area (Å²) in [5, 5.41) is 3.69. The van der Waals surface area contributed by atoms with E-state index in [1.165, 1.54) is 32.1 Å². The average molecular weight is 266 g/mol. The minimum absolute atomic E-state index is 0.226. The number of nitrogens with zero attached hydrogens (tertiary/aromatic N) is 2. The second kappa shape index (κ2) is 6.68. The Balaban J connectivity index is 1.82. The highest BCUT2D eigenvalue weighted by molar-refractivity contribution is 5.91. The Bertz CT molecular complexity index is 413. The summed E-state index contributed by atoms with van der Waals surface area (Å²) in [7, 11) is 2.07. The molecule has 1 aliphatic carbocycles. The van der Waals surface area contributed by atoms with E-state index in [1.807, 2.05) is 5.43 Å². The van der Waals surface area contributed by atoms with Crippen LogP contribution in [0.2, 0.25) is 0 Å². The van der Waals surface area contributed by atoms with E-state index in [9.17, 15) is 4.79 Å². The van der Waals surface area contributed by atoms with Gasteiger partial charge >= 0.3 is 0 Å². The maximum Gasteiger partial charge on any atom is 0.287 e. The Labute approximate surface area is 113 Å². The van der Waals surface area contributed by atoms with Crippen molar-refractivity contribution in [3.05, 3.63) is 17.5 Å². The molecule has 1 aliphatic rings. The molecular formula is C13H22N4O2. The number of hydrogen-bond donors (Lipinski definition) is 2. The van der Waals surface area contributed by atoms with Gasteiger partial charge in [0.15, 0.2) is 11.5 Å². The summed E-state index contributed by atoms with van der Waals surface area (Å²) in [5.74, 6) is 6.10. The molecule has 0 radical (unpaired) electrons. The fraction of sp³-hybridized carbons (Fsp3) is 0.692. The van der Waals surface area contributed by atoms with Crippen molar-refractivity contribution in [1.29, 1.82) is 0 Å². The van der Waals surface area contributed by atoms with Gasteiger partial charge in [-0.25, -0.2) is 5.84 Å². The standard InChI is InChI=1S/C13H22N4O2/c1-17(8-10-5-3-2-4-6-10)9-11-7-12(16-19-11)13(18)15-14/h7,10H,2-6,8-9,14H2,1H3,(H,15,18). The Morgan fingerprint density at radius 3 is 2.95 bits per heavy atom. The van der Waals surface area contributed by atoms with Gasteiger partial charge in [0.05, 0.1) is 6.54 Å². The summed E-state index contributed by atoms with van der Waals surface area (Å²) in [6.07, 6.45) is 6.71. The van der Waals surface area contributed by atoms with Crippen LogP contribution >= 0.6 is 0 Å². The number of nitrogens with one attached hydrogen (secondary N) is 1. The van der Waals surface area contributed by atoms with Crippen LogP contribution in [0.25, 0.3) is 0 Å². The topological polar surface area (TPSA) is 84.4 Å². The number of nitrogens with two attached hydrogens (primary N) is 1. The smallest absolute Gasteiger partial charge is 0.287 e. The molecule has 1 saturated carbocycles. The van der Waals surface area contributed by atoms with Gasteiger partial charge in [0, 0.05) is 12.6 Å². The molecule has 0 atom stereocenters. The van der Waals surface area contributed by atoms with E-state index < -0.39 is 5.91 Å². The van der Waals surface area contributed by atoms with Gasteiger partial charge in [0.1, 0.15) is 0 Å². The number of carbonyl (C=O) groups is 1. The molecule has 1 aromatic heterocycles. The van der Waals surface area contributed by atoms with E-state index in [-0.39, 0.29) is 5.69 Å². The van der Waals surface area contributed by atoms with E-state index in [0.29, 0.717) is 12.3 Å². The predicted molar refractivity (Wildman–Crippen MR) is 71.1 cm³/mol. The van der Waals surface area contributed by atoms with Gasteiger partial charge in [0.25, 0.3) is 5.91 Å². The zero-order chi connectivity index (χ0) is 13.7. The van der Waals surface area contributed by atoms with Gasteiger partial charge in [-0.1, -0.05) is 24.4 Å². The van der Waals surface area contributed by atoms with Crippen LogP contribution in [0.3, 0.4) is 0 Å². The van der Waals surface area contributed by atoms with Crippen LogP contribution in [0, 0.1) is 5.92 Å². The van der Waals surface area contributed by atoms with Gasteiger partial charge in [0.2, 0.25) is 0 Å². The van der Waals surface area contributed by atoms with Crippen molar-refractivity contribution < 1.29 is 9.32 Å². The second-order valence-electron chi connectivity index (χ2n) is 5.35.